The van der Waals surface area contributed by atoms with Gasteiger partial charge in [-0.2, -0.15) is 0 Å². The number of nitrogens with one attached hydrogen (secondary N) is 2. The van der Waals surface area contributed by atoms with Crippen molar-refractivity contribution in [1.82, 2.24) is 0 Å². The molecule has 0 unspecified atom stereocenters. The molecule has 0 aliphatic rings. The van der Waals surface area contributed by atoms with Crippen LogP contribution in [0.5, 0.6) is 0 Å². The Hall–Kier alpha value is -3.36. The Morgan fingerprint density at radius 3 is 2.10 bits per heavy atom. The number of nitro groups is 1. The van der Waals surface area contributed by atoms with E-state index >= 15 is 0 Å². The van der Waals surface area contributed by atoms with Gasteiger partial charge in [0.05, 0.1) is 9.82 Å². The lowest BCUT2D eigenvalue weighted by Gasteiger charge is -2.08. The third-order valence-corrected chi connectivity index (χ3v) is 5.25. The number of nitro benzene ring substituents is 1. The Bertz CT molecular complexity index is 1100. The summed E-state index contributed by atoms with van der Waals surface area (Å²) in [6.45, 7) is 1.40. The maximum Gasteiger partial charge on any atom is 0.284 e. The summed E-state index contributed by atoms with van der Waals surface area (Å²) in [5.74, 6) is -0.677. The van der Waals surface area contributed by atoms with Crippen molar-refractivity contribution >= 4 is 52.2 Å². The van der Waals surface area contributed by atoms with Crippen LogP contribution >= 0.6 is 23.4 Å². The molecular weight excluding hydrogens is 426 g/mol. The van der Waals surface area contributed by atoms with Gasteiger partial charge in [-0.1, -0.05) is 23.4 Å². The first-order valence-electron chi connectivity index (χ1n) is 8.73. The molecule has 0 aliphatic carbocycles. The second-order valence-corrected chi connectivity index (χ2v) is 7.76. The van der Waals surface area contributed by atoms with E-state index in [1.165, 1.54) is 30.8 Å². The van der Waals surface area contributed by atoms with Crippen LogP contribution in [0.1, 0.15) is 17.3 Å². The van der Waals surface area contributed by atoms with E-state index in [4.69, 9.17) is 11.6 Å². The van der Waals surface area contributed by atoms with Gasteiger partial charge in [0.2, 0.25) is 5.91 Å². The molecule has 0 saturated heterocycles. The summed E-state index contributed by atoms with van der Waals surface area (Å²) in [4.78, 5) is 35.8. The Morgan fingerprint density at radius 2 is 1.53 bits per heavy atom. The molecule has 0 heterocycles. The topological polar surface area (TPSA) is 101 Å². The van der Waals surface area contributed by atoms with Gasteiger partial charge in [-0.3, -0.25) is 19.7 Å². The first-order valence-corrected chi connectivity index (χ1v) is 9.92. The van der Waals surface area contributed by atoms with Crippen molar-refractivity contribution in [3.63, 3.8) is 0 Å². The molecule has 9 heteroatoms. The largest absolute Gasteiger partial charge is 0.326 e. The molecule has 7 nitrogen and oxygen atoms in total. The van der Waals surface area contributed by atoms with Crippen molar-refractivity contribution in [1.29, 1.82) is 0 Å². The van der Waals surface area contributed by atoms with Crippen molar-refractivity contribution in [2.45, 2.75) is 16.7 Å². The first-order chi connectivity index (χ1) is 14.3. The third-order valence-electron chi connectivity index (χ3n) is 3.92. The fourth-order valence-corrected chi connectivity index (χ4v) is 3.59. The summed E-state index contributed by atoms with van der Waals surface area (Å²) in [7, 11) is 0. The van der Waals surface area contributed by atoms with E-state index in [1.807, 2.05) is 0 Å². The fourth-order valence-electron chi connectivity index (χ4n) is 2.56. The molecule has 0 saturated carbocycles. The third kappa shape index (κ3) is 5.59. The minimum Gasteiger partial charge on any atom is -0.326 e. The zero-order valence-corrected chi connectivity index (χ0v) is 17.3. The Balaban J connectivity index is 1.77. The molecule has 2 amide bonds. The van der Waals surface area contributed by atoms with Gasteiger partial charge in [0, 0.05) is 39.8 Å². The number of halogens is 1. The number of benzene rings is 3. The zero-order valence-electron chi connectivity index (χ0n) is 15.7. The van der Waals surface area contributed by atoms with Gasteiger partial charge in [-0.15, -0.1) is 0 Å². The Labute approximate surface area is 181 Å². The number of nitrogens with zero attached hydrogens (tertiary/aromatic N) is 1. The van der Waals surface area contributed by atoms with Crippen LogP contribution in [0.3, 0.4) is 0 Å². The van der Waals surface area contributed by atoms with Gasteiger partial charge < -0.3 is 10.6 Å². The van der Waals surface area contributed by atoms with E-state index < -0.39 is 10.8 Å². The van der Waals surface area contributed by atoms with Gasteiger partial charge >= 0.3 is 0 Å². The monoisotopic (exact) mass is 441 g/mol. The number of carbonyl (C=O) groups is 2. The molecule has 3 aromatic carbocycles. The average Bonchev–Trinajstić information content (AvgIpc) is 2.71. The maximum atomic E-state index is 12.5. The lowest BCUT2D eigenvalue weighted by Crippen LogP contribution is -2.12. The maximum absolute atomic E-state index is 12.5. The molecule has 0 aromatic heterocycles. The fraction of sp³-hybridized carbons (Fsp3) is 0.0476. The molecule has 0 fully saturated rings. The smallest absolute Gasteiger partial charge is 0.284 e. The number of anilines is 2. The molecular formula is C21H16ClN3O4S. The average molecular weight is 442 g/mol. The molecule has 30 heavy (non-hydrogen) atoms. The van der Waals surface area contributed by atoms with E-state index in [2.05, 4.69) is 10.6 Å². The van der Waals surface area contributed by atoms with E-state index in [1.54, 1.807) is 54.6 Å². The van der Waals surface area contributed by atoms with Gasteiger partial charge in [0.1, 0.15) is 0 Å². The van der Waals surface area contributed by atoms with Gasteiger partial charge in [-0.25, -0.2) is 0 Å². The van der Waals surface area contributed by atoms with Crippen LogP contribution in [0.15, 0.2) is 76.5 Å². The van der Waals surface area contributed by atoms with E-state index in [0.717, 1.165) is 4.90 Å². The van der Waals surface area contributed by atoms with Crippen LogP contribution in [-0.4, -0.2) is 16.7 Å². The lowest BCUT2D eigenvalue weighted by molar-refractivity contribution is -0.387. The highest BCUT2D eigenvalue weighted by atomic mass is 35.5. The first kappa shape index (κ1) is 21.4. The standard InChI is InChI=1S/C21H16ClN3O4S/c1-13(26)23-16-5-7-17(8-6-16)24-21(27)14-2-11-20(19(12-14)25(28)29)30-18-9-3-15(22)4-10-18/h2-12H,1H3,(H,23,26)(H,24,27). The second-order valence-electron chi connectivity index (χ2n) is 6.21. The molecule has 0 atom stereocenters. The van der Waals surface area contributed by atoms with Crippen LogP contribution in [-0.2, 0) is 4.79 Å². The van der Waals surface area contributed by atoms with Crippen molar-refractivity contribution in [3.8, 4) is 0 Å². The highest BCUT2D eigenvalue weighted by molar-refractivity contribution is 7.99. The van der Waals surface area contributed by atoms with E-state index in [9.17, 15) is 19.7 Å². The highest BCUT2D eigenvalue weighted by Gasteiger charge is 2.19. The molecule has 0 radical (unpaired) electrons. The van der Waals surface area contributed by atoms with Gasteiger partial charge in [-0.05, 0) is 60.7 Å². The summed E-state index contributed by atoms with van der Waals surface area (Å²) < 4.78 is 0. The van der Waals surface area contributed by atoms with Crippen molar-refractivity contribution < 1.29 is 14.5 Å². The molecule has 0 bridgehead atoms. The minimum absolute atomic E-state index is 0.160. The Morgan fingerprint density at radius 1 is 0.933 bits per heavy atom. The van der Waals surface area contributed by atoms with Crippen LogP contribution in [0.2, 0.25) is 5.02 Å². The highest BCUT2D eigenvalue weighted by Crippen LogP contribution is 2.36. The van der Waals surface area contributed by atoms with Crippen LogP contribution < -0.4 is 10.6 Å². The number of rotatable bonds is 6. The van der Waals surface area contributed by atoms with Crippen LogP contribution in [0.4, 0.5) is 17.1 Å². The zero-order chi connectivity index (χ0) is 21.7. The van der Waals surface area contributed by atoms with E-state index in [-0.39, 0.29) is 17.2 Å². The molecule has 2 N–H and O–H groups in total. The molecule has 0 aliphatic heterocycles. The Kier molecular flexibility index (Phi) is 6.71. The summed E-state index contributed by atoms with van der Waals surface area (Å²) in [5, 5.41) is 17.4. The summed E-state index contributed by atoms with van der Waals surface area (Å²) in [6, 6.07) is 17.8. The van der Waals surface area contributed by atoms with E-state index in [0.29, 0.717) is 21.3 Å². The van der Waals surface area contributed by atoms with Gasteiger partial charge in [0.25, 0.3) is 11.6 Å². The van der Waals surface area contributed by atoms with Crippen molar-refractivity contribution in [2.24, 2.45) is 0 Å². The van der Waals surface area contributed by atoms with Crippen LogP contribution in [0, 0.1) is 10.1 Å². The molecule has 3 aromatic rings. The van der Waals surface area contributed by atoms with Crippen molar-refractivity contribution in [2.75, 3.05) is 10.6 Å². The lowest BCUT2D eigenvalue weighted by atomic mass is 10.2. The number of amides is 2. The molecule has 152 valence electrons. The summed E-state index contributed by atoms with van der Waals surface area (Å²) >= 11 is 7.08. The second kappa shape index (κ2) is 9.43. The van der Waals surface area contributed by atoms with Gasteiger partial charge in [0.15, 0.2) is 0 Å². The SMILES string of the molecule is CC(=O)Nc1ccc(NC(=O)c2ccc(Sc3ccc(Cl)cc3)c([N+](=O)[O-])c2)cc1. The number of carbonyl (C=O) groups excluding carboxylic acids is 2. The summed E-state index contributed by atoms with van der Waals surface area (Å²) in [5.41, 5.74) is 1.09. The predicted octanol–water partition coefficient (Wildman–Crippen LogP) is 5.61. The predicted molar refractivity (Wildman–Crippen MR) is 117 cm³/mol. The quantitative estimate of drug-likeness (QED) is 0.382. The minimum atomic E-state index is -0.517. The molecule has 3 rings (SSSR count). The number of hydrogen-bond acceptors (Lipinski definition) is 5. The normalized spacial score (nSPS) is 10.3. The molecule has 0 spiro atoms. The van der Waals surface area contributed by atoms with Crippen LogP contribution in [0.25, 0.3) is 0 Å². The number of hydrogen-bond donors (Lipinski definition) is 2. The summed E-state index contributed by atoms with van der Waals surface area (Å²) in [6.07, 6.45) is 0. The van der Waals surface area contributed by atoms with Crippen molar-refractivity contribution in [3.05, 3.63) is 87.4 Å².